The molecule has 0 saturated carbocycles. The second-order valence-corrected chi connectivity index (χ2v) is 4.72. The average Bonchev–Trinajstić information content (AvgIpc) is 2.29. The number of nitrogens with two attached hydrogens (primary N) is 1. The molecule has 0 bridgehead atoms. The lowest BCUT2D eigenvalue weighted by atomic mass is 9.93. The molecule has 0 spiro atoms. The third-order valence-electron chi connectivity index (χ3n) is 1.50. The molecule has 1 heterocycles. The van der Waals surface area contributed by atoms with Gasteiger partial charge in [0.05, 0.1) is 4.92 Å². The van der Waals surface area contributed by atoms with Crippen molar-refractivity contribution in [3.05, 3.63) is 15.8 Å². The summed E-state index contributed by atoms with van der Waals surface area (Å²) < 4.78 is 0. The Hall–Kier alpha value is -1.17. The van der Waals surface area contributed by atoms with Gasteiger partial charge < -0.3 is 5.73 Å². The van der Waals surface area contributed by atoms with E-state index < -0.39 is 4.92 Å². The van der Waals surface area contributed by atoms with Crippen molar-refractivity contribution in [3.63, 3.8) is 0 Å². The van der Waals surface area contributed by atoms with Gasteiger partial charge in [-0.3, -0.25) is 10.1 Å². The fraction of sp³-hybridized carbons (Fsp3) is 0.571. The minimum absolute atomic E-state index is 0.0463. The molecule has 2 N–H and O–H groups in total. The minimum atomic E-state index is -0.436. The molecule has 0 aliphatic carbocycles. The van der Waals surface area contributed by atoms with E-state index in [9.17, 15) is 10.1 Å². The Labute approximate surface area is 79.7 Å². The lowest BCUT2D eigenvalue weighted by Gasteiger charge is -2.13. The molecule has 1 aromatic heterocycles. The predicted octanol–water partition coefficient (Wildman–Crippen LogP) is 1.93. The molecule has 0 amide bonds. The Balaban J connectivity index is 3.28. The lowest BCUT2D eigenvalue weighted by molar-refractivity contribution is -0.381. The minimum Gasteiger partial charge on any atom is -0.375 e. The highest BCUT2D eigenvalue weighted by molar-refractivity contribution is 7.18. The SMILES string of the molecule is CC(C)(C)c1nc(N)sc1[N+](=O)[O-]. The first-order chi connectivity index (χ1) is 5.82. The van der Waals surface area contributed by atoms with Gasteiger partial charge in [-0.05, 0) is 11.3 Å². The quantitative estimate of drug-likeness (QED) is 0.556. The molecule has 5 nitrogen and oxygen atoms in total. The summed E-state index contributed by atoms with van der Waals surface area (Å²) >= 11 is 0.917. The van der Waals surface area contributed by atoms with Gasteiger partial charge in [-0.1, -0.05) is 20.8 Å². The van der Waals surface area contributed by atoms with E-state index >= 15 is 0 Å². The molecule has 0 atom stereocenters. The molecule has 0 unspecified atom stereocenters. The zero-order valence-corrected chi connectivity index (χ0v) is 8.51. The Kier molecular flexibility index (Phi) is 2.25. The molecule has 0 aromatic carbocycles. The van der Waals surface area contributed by atoms with Gasteiger partial charge in [0.1, 0.15) is 5.69 Å². The van der Waals surface area contributed by atoms with E-state index in [1.165, 1.54) is 0 Å². The van der Waals surface area contributed by atoms with Crippen LogP contribution >= 0.6 is 11.3 Å². The Morgan fingerprint density at radius 1 is 1.54 bits per heavy atom. The normalized spacial score (nSPS) is 11.6. The fourth-order valence-electron chi connectivity index (χ4n) is 0.940. The maximum atomic E-state index is 10.6. The van der Waals surface area contributed by atoms with Crippen LogP contribution in [0, 0.1) is 10.1 Å². The molecule has 0 aliphatic heterocycles. The summed E-state index contributed by atoms with van der Waals surface area (Å²) in [5.41, 5.74) is 5.54. The van der Waals surface area contributed by atoms with Crippen LogP contribution < -0.4 is 5.73 Å². The van der Waals surface area contributed by atoms with E-state index in [0.29, 0.717) is 5.69 Å². The highest BCUT2D eigenvalue weighted by Gasteiger charge is 2.29. The molecule has 13 heavy (non-hydrogen) atoms. The zero-order valence-electron chi connectivity index (χ0n) is 7.70. The van der Waals surface area contributed by atoms with Crippen molar-refractivity contribution in [2.45, 2.75) is 26.2 Å². The molecule has 0 fully saturated rings. The molecule has 1 aromatic rings. The smallest absolute Gasteiger partial charge is 0.349 e. The molecule has 6 heteroatoms. The highest BCUT2D eigenvalue weighted by Crippen LogP contribution is 2.36. The van der Waals surface area contributed by atoms with Gasteiger partial charge in [0, 0.05) is 5.41 Å². The summed E-state index contributed by atoms with van der Waals surface area (Å²) in [6.07, 6.45) is 0. The third-order valence-corrected chi connectivity index (χ3v) is 2.34. The number of hydrogen-bond donors (Lipinski definition) is 1. The Bertz CT molecular complexity index is 340. The topological polar surface area (TPSA) is 82.0 Å². The van der Waals surface area contributed by atoms with Gasteiger partial charge in [0.15, 0.2) is 5.13 Å². The van der Waals surface area contributed by atoms with E-state index in [0.717, 1.165) is 11.3 Å². The number of nitrogen functional groups attached to an aromatic ring is 1. The second kappa shape index (κ2) is 2.95. The van der Waals surface area contributed by atoms with E-state index in [2.05, 4.69) is 4.98 Å². The van der Waals surface area contributed by atoms with Gasteiger partial charge in [-0.2, -0.15) is 0 Å². The van der Waals surface area contributed by atoms with Crippen LogP contribution in [0.4, 0.5) is 10.1 Å². The third kappa shape index (κ3) is 1.95. The number of rotatable bonds is 1. The predicted molar refractivity (Wildman–Crippen MR) is 51.9 cm³/mol. The summed E-state index contributed by atoms with van der Waals surface area (Å²) in [4.78, 5) is 14.1. The van der Waals surface area contributed by atoms with Crippen molar-refractivity contribution in [2.24, 2.45) is 0 Å². The van der Waals surface area contributed by atoms with Crippen molar-refractivity contribution >= 4 is 21.5 Å². The largest absolute Gasteiger partial charge is 0.375 e. The highest BCUT2D eigenvalue weighted by atomic mass is 32.1. The molecule has 72 valence electrons. The molecule has 0 radical (unpaired) electrons. The van der Waals surface area contributed by atoms with Crippen LogP contribution in [0.2, 0.25) is 0 Å². The molecule has 0 saturated heterocycles. The lowest BCUT2D eigenvalue weighted by Crippen LogP contribution is -2.13. The number of hydrogen-bond acceptors (Lipinski definition) is 5. The average molecular weight is 201 g/mol. The van der Waals surface area contributed by atoms with Crippen LogP contribution in [0.3, 0.4) is 0 Å². The first-order valence-electron chi connectivity index (χ1n) is 3.73. The zero-order chi connectivity index (χ0) is 10.2. The van der Waals surface area contributed by atoms with Crippen molar-refractivity contribution in [1.29, 1.82) is 0 Å². The van der Waals surface area contributed by atoms with Crippen LogP contribution in [-0.2, 0) is 5.41 Å². The number of thiazole rings is 1. The Morgan fingerprint density at radius 3 is 2.38 bits per heavy atom. The summed E-state index contributed by atoms with van der Waals surface area (Å²) in [5.74, 6) is 0. The maximum Gasteiger partial charge on any atom is 0.349 e. The van der Waals surface area contributed by atoms with Crippen molar-refractivity contribution in [3.8, 4) is 0 Å². The number of aromatic nitrogens is 1. The van der Waals surface area contributed by atoms with E-state index in [1.54, 1.807) is 0 Å². The van der Waals surface area contributed by atoms with Gasteiger partial charge >= 0.3 is 5.00 Å². The molecular formula is C7H11N3O2S. The molecule has 1 rings (SSSR count). The van der Waals surface area contributed by atoms with Crippen LogP contribution in [0.15, 0.2) is 0 Å². The van der Waals surface area contributed by atoms with Gasteiger partial charge in [-0.25, -0.2) is 4.98 Å². The second-order valence-electron chi connectivity index (χ2n) is 3.71. The van der Waals surface area contributed by atoms with Crippen molar-refractivity contribution < 1.29 is 4.92 Å². The van der Waals surface area contributed by atoms with Crippen LogP contribution in [0.5, 0.6) is 0 Å². The number of nitro groups is 1. The van der Waals surface area contributed by atoms with E-state index in [4.69, 9.17) is 5.73 Å². The van der Waals surface area contributed by atoms with E-state index in [-0.39, 0.29) is 15.5 Å². The summed E-state index contributed by atoms with van der Waals surface area (Å²) in [6, 6.07) is 0. The molecule has 0 aliphatic rings. The maximum absolute atomic E-state index is 10.6. The summed E-state index contributed by atoms with van der Waals surface area (Å²) in [5, 5.41) is 10.9. The van der Waals surface area contributed by atoms with Crippen molar-refractivity contribution in [2.75, 3.05) is 5.73 Å². The summed E-state index contributed by atoms with van der Waals surface area (Å²) in [6.45, 7) is 5.61. The van der Waals surface area contributed by atoms with Crippen LogP contribution in [-0.4, -0.2) is 9.91 Å². The molecular weight excluding hydrogens is 190 g/mol. The standard InChI is InChI=1S/C7H11N3O2S/c1-7(2,3)4-5(10(11)12)13-6(8)9-4/h1-3H3,(H2,8,9). The summed E-state index contributed by atoms with van der Waals surface area (Å²) in [7, 11) is 0. The van der Waals surface area contributed by atoms with Gasteiger partial charge in [0.2, 0.25) is 0 Å². The number of nitrogens with zero attached hydrogens (tertiary/aromatic N) is 2. The number of anilines is 1. The monoisotopic (exact) mass is 201 g/mol. The first-order valence-corrected chi connectivity index (χ1v) is 4.55. The first kappa shape index (κ1) is 9.91. The van der Waals surface area contributed by atoms with Crippen molar-refractivity contribution in [1.82, 2.24) is 4.98 Å². The van der Waals surface area contributed by atoms with Gasteiger partial charge in [0.25, 0.3) is 0 Å². The van der Waals surface area contributed by atoms with Crippen LogP contribution in [0.25, 0.3) is 0 Å². The Morgan fingerprint density at radius 2 is 2.08 bits per heavy atom. The fourth-order valence-corrected chi connectivity index (χ4v) is 1.80. The van der Waals surface area contributed by atoms with E-state index in [1.807, 2.05) is 20.8 Å². The van der Waals surface area contributed by atoms with Gasteiger partial charge in [-0.15, -0.1) is 0 Å². The van der Waals surface area contributed by atoms with Crippen LogP contribution in [0.1, 0.15) is 26.5 Å².